The average Bonchev–Trinajstić information content (AvgIpc) is 2.58. The Hall–Kier alpha value is -2.18. The van der Waals surface area contributed by atoms with Gasteiger partial charge in [0.25, 0.3) is 0 Å². The minimum Gasteiger partial charge on any atom is -0.496 e. The zero-order valence-electron chi connectivity index (χ0n) is 13.6. The van der Waals surface area contributed by atoms with Crippen LogP contribution in [0.25, 0.3) is 11.1 Å². The van der Waals surface area contributed by atoms with Crippen molar-refractivity contribution in [3.05, 3.63) is 54.1 Å². The highest BCUT2D eigenvalue weighted by Gasteiger charge is 2.22. The summed E-state index contributed by atoms with van der Waals surface area (Å²) in [6.45, 7) is 0. The molecule has 0 aliphatic heterocycles. The summed E-state index contributed by atoms with van der Waals surface area (Å²) >= 11 is 0. The van der Waals surface area contributed by atoms with Crippen molar-refractivity contribution in [1.82, 2.24) is 5.32 Å². The van der Waals surface area contributed by atoms with Crippen LogP contribution in [0.2, 0.25) is 0 Å². The number of hydrogen-bond donors (Lipinski definition) is 4. The summed E-state index contributed by atoms with van der Waals surface area (Å²) in [5, 5.41) is 11.6. The number of carboxylic acid groups (broad SMARTS) is 1. The normalized spacial score (nSPS) is 12.6. The predicted octanol–water partition coefficient (Wildman–Crippen LogP) is 2.08. The van der Waals surface area contributed by atoms with E-state index in [-0.39, 0.29) is 6.42 Å². The van der Waals surface area contributed by atoms with Crippen molar-refractivity contribution in [2.45, 2.75) is 12.5 Å². The van der Waals surface area contributed by atoms with Gasteiger partial charge in [-0.3, -0.25) is 14.7 Å². The Morgan fingerprint density at radius 3 is 2.36 bits per heavy atom. The van der Waals surface area contributed by atoms with Crippen molar-refractivity contribution in [1.29, 1.82) is 0 Å². The highest BCUT2D eigenvalue weighted by Crippen LogP contribution is 2.32. The number of carboxylic acids is 1. The zero-order chi connectivity index (χ0) is 18.4. The molecular weight excluding hydrogens is 345 g/mol. The van der Waals surface area contributed by atoms with Crippen molar-refractivity contribution >= 4 is 13.6 Å². The van der Waals surface area contributed by atoms with Crippen LogP contribution >= 0.6 is 7.60 Å². The van der Waals surface area contributed by atoms with Gasteiger partial charge in [-0.2, -0.15) is 0 Å². The molecule has 2 rings (SSSR count). The second-order valence-electron chi connectivity index (χ2n) is 5.52. The van der Waals surface area contributed by atoms with Gasteiger partial charge < -0.3 is 19.6 Å². The third-order valence-corrected chi connectivity index (χ3v) is 4.25. The van der Waals surface area contributed by atoms with E-state index < -0.39 is 25.9 Å². The summed E-state index contributed by atoms with van der Waals surface area (Å²) in [4.78, 5) is 29.0. The lowest BCUT2D eigenvalue weighted by atomic mass is 10.00. The molecule has 0 saturated heterocycles. The molecular formula is C17H20NO6P. The van der Waals surface area contributed by atoms with Gasteiger partial charge in [-0.25, -0.2) is 0 Å². The molecule has 7 nitrogen and oxygen atoms in total. The highest BCUT2D eigenvalue weighted by molar-refractivity contribution is 7.51. The van der Waals surface area contributed by atoms with Gasteiger partial charge in [-0.05, 0) is 23.6 Å². The first kappa shape index (κ1) is 19.1. The first-order valence-corrected chi connectivity index (χ1v) is 9.33. The third kappa shape index (κ3) is 5.69. The van der Waals surface area contributed by atoms with Crippen LogP contribution in [0.5, 0.6) is 5.75 Å². The van der Waals surface area contributed by atoms with E-state index in [1.54, 1.807) is 19.2 Å². The molecule has 0 heterocycles. The Balaban J connectivity index is 2.13. The molecule has 0 aliphatic carbocycles. The van der Waals surface area contributed by atoms with Crippen LogP contribution in [0.1, 0.15) is 5.56 Å². The molecule has 25 heavy (non-hydrogen) atoms. The number of rotatable bonds is 8. The molecule has 0 radical (unpaired) electrons. The van der Waals surface area contributed by atoms with Crippen LogP contribution in [0.15, 0.2) is 48.5 Å². The van der Waals surface area contributed by atoms with Gasteiger partial charge in [0.15, 0.2) is 0 Å². The molecule has 0 spiro atoms. The smallest absolute Gasteiger partial charge is 0.339 e. The van der Waals surface area contributed by atoms with Gasteiger partial charge in [-0.1, -0.05) is 42.5 Å². The summed E-state index contributed by atoms with van der Waals surface area (Å²) in [6.07, 6.45) is -0.565. The van der Waals surface area contributed by atoms with Crippen LogP contribution in [-0.2, 0) is 15.8 Å². The lowest BCUT2D eigenvalue weighted by Gasteiger charge is -2.15. The predicted molar refractivity (Wildman–Crippen MR) is 93.6 cm³/mol. The topological polar surface area (TPSA) is 116 Å². The number of aliphatic carboxylic acids is 1. The molecule has 0 aliphatic rings. The van der Waals surface area contributed by atoms with Crippen molar-refractivity contribution in [3.8, 4) is 16.9 Å². The van der Waals surface area contributed by atoms with Crippen LogP contribution in [0, 0.1) is 0 Å². The monoisotopic (exact) mass is 365 g/mol. The van der Waals surface area contributed by atoms with Crippen molar-refractivity contribution < 1.29 is 29.0 Å². The molecule has 0 bridgehead atoms. The van der Waals surface area contributed by atoms with Crippen LogP contribution < -0.4 is 10.1 Å². The van der Waals surface area contributed by atoms with Gasteiger partial charge in [0.2, 0.25) is 0 Å². The molecule has 0 saturated carbocycles. The average molecular weight is 365 g/mol. The van der Waals surface area contributed by atoms with Gasteiger partial charge in [0.05, 0.1) is 13.4 Å². The second kappa shape index (κ2) is 8.27. The van der Waals surface area contributed by atoms with Gasteiger partial charge in [-0.15, -0.1) is 0 Å². The molecule has 2 aromatic carbocycles. The minimum absolute atomic E-state index is 0.113. The fraction of sp³-hybridized carbons (Fsp3) is 0.235. The van der Waals surface area contributed by atoms with Crippen molar-refractivity contribution in [3.63, 3.8) is 0 Å². The summed E-state index contributed by atoms with van der Waals surface area (Å²) in [7, 11) is -2.71. The van der Waals surface area contributed by atoms with E-state index in [0.717, 1.165) is 22.4 Å². The molecule has 134 valence electrons. The highest BCUT2D eigenvalue weighted by atomic mass is 31.2. The summed E-state index contributed by atoms with van der Waals surface area (Å²) in [6, 6.07) is 13.8. The number of carbonyl (C=O) groups is 1. The molecule has 1 atom stereocenters. The molecule has 0 aromatic heterocycles. The van der Waals surface area contributed by atoms with E-state index in [9.17, 15) is 14.5 Å². The number of para-hydroxylation sites is 1. The van der Waals surface area contributed by atoms with E-state index in [1.807, 2.05) is 36.4 Å². The maximum atomic E-state index is 11.3. The quantitative estimate of drug-likeness (QED) is 0.529. The van der Waals surface area contributed by atoms with E-state index in [1.165, 1.54) is 0 Å². The van der Waals surface area contributed by atoms with Crippen molar-refractivity contribution in [2.75, 3.05) is 13.4 Å². The summed E-state index contributed by atoms with van der Waals surface area (Å²) < 4.78 is 16.2. The molecule has 4 N–H and O–H groups in total. The molecule has 8 heteroatoms. The first-order valence-electron chi connectivity index (χ1n) is 7.53. The Morgan fingerprint density at radius 1 is 1.16 bits per heavy atom. The molecule has 0 fully saturated rings. The largest absolute Gasteiger partial charge is 0.496 e. The summed E-state index contributed by atoms with van der Waals surface area (Å²) in [5.41, 5.74) is 2.59. The minimum atomic E-state index is -4.31. The SMILES string of the molecule is COc1ccccc1-c1ccc(CC(NCP(=O)(O)O)C(=O)O)cc1. The fourth-order valence-corrected chi connectivity index (χ4v) is 2.87. The molecule has 2 aromatic rings. The Morgan fingerprint density at radius 2 is 1.80 bits per heavy atom. The Bertz CT molecular complexity index is 771. The number of nitrogens with one attached hydrogen (secondary N) is 1. The number of ether oxygens (including phenoxy) is 1. The zero-order valence-corrected chi connectivity index (χ0v) is 14.5. The lowest BCUT2D eigenvalue weighted by molar-refractivity contribution is -0.139. The third-order valence-electron chi connectivity index (χ3n) is 3.65. The second-order valence-corrected chi connectivity index (χ2v) is 7.16. The maximum absolute atomic E-state index is 11.3. The van der Waals surface area contributed by atoms with Crippen LogP contribution in [0.4, 0.5) is 0 Å². The van der Waals surface area contributed by atoms with Gasteiger partial charge in [0.1, 0.15) is 11.8 Å². The van der Waals surface area contributed by atoms with Gasteiger partial charge >= 0.3 is 13.6 Å². The lowest BCUT2D eigenvalue weighted by Crippen LogP contribution is -2.39. The number of hydrogen-bond acceptors (Lipinski definition) is 4. The fourth-order valence-electron chi connectivity index (χ4n) is 2.42. The maximum Gasteiger partial charge on any atom is 0.339 e. The first-order chi connectivity index (χ1) is 11.8. The van der Waals surface area contributed by atoms with E-state index >= 15 is 0 Å². The van der Waals surface area contributed by atoms with E-state index in [2.05, 4.69) is 5.32 Å². The van der Waals surface area contributed by atoms with E-state index in [4.69, 9.17) is 14.5 Å². The number of methoxy groups -OCH3 is 1. The van der Waals surface area contributed by atoms with Gasteiger partial charge in [0, 0.05) is 5.56 Å². The molecule has 1 unspecified atom stereocenters. The standard InChI is InChI=1S/C17H20NO6P/c1-24-16-5-3-2-4-14(16)13-8-6-12(7-9-13)10-15(17(19)20)18-11-25(21,22)23/h2-9,15,18H,10-11H2,1H3,(H,19,20)(H2,21,22,23). The van der Waals surface area contributed by atoms with Crippen molar-refractivity contribution in [2.24, 2.45) is 0 Å². The Kier molecular flexibility index (Phi) is 6.33. The Labute approximate surface area is 145 Å². The van der Waals surface area contributed by atoms with E-state index in [0.29, 0.717) is 0 Å². The molecule has 0 amide bonds. The number of benzene rings is 2. The van der Waals surface area contributed by atoms with Crippen LogP contribution in [-0.4, -0.2) is 40.3 Å². The van der Waals surface area contributed by atoms with Crippen LogP contribution in [0.3, 0.4) is 0 Å². The summed E-state index contributed by atoms with van der Waals surface area (Å²) in [5.74, 6) is -0.427.